The number of ether oxygens (including phenoxy) is 1. The van der Waals surface area contributed by atoms with E-state index in [-0.39, 0.29) is 0 Å². The molecule has 0 radical (unpaired) electrons. The van der Waals surface area contributed by atoms with E-state index in [4.69, 9.17) is 4.74 Å². The number of methoxy groups -OCH3 is 1. The van der Waals surface area contributed by atoms with Gasteiger partial charge in [-0.1, -0.05) is 23.8 Å². The van der Waals surface area contributed by atoms with Crippen molar-refractivity contribution in [3.8, 4) is 5.88 Å². The molecule has 4 heteroatoms. The Hall–Kier alpha value is -1.94. The van der Waals surface area contributed by atoms with Gasteiger partial charge >= 0.3 is 0 Å². The first kappa shape index (κ1) is 13.5. The Morgan fingerprint density at radius 2 is 1.95 bits per heavy atom. The summed E-state index contributed by atoms with van der Waals surface area (Å²) in [5.41, 5.74) is 4.05. The van der Waals surface area contributed by atoms with Crippen molar-refractivity contribution in [2.45, 2.75) is 26.4 Å². The predicted octanol–water partition coefficient (Wildman–Crippen LogP) is 2.38. The molecule has 0 bridgehead atoms. The molecule has 2 aromatic rings. The number of hydrogen-bond donors (Lipinski definition) is 1. The van der Waals surface area contributed by atoms with E-state index < -0.39 is 6.10 Å². The zero-order valence-electron chi connectivity index (χ0n) is 11.4. The number of hydrogen-bond acceptors (Lipinski definition) is 4. The smallest absolute Gasteiger partial charge is 0.233 e. The van der Waals surface area contributed by atoms with E-state index in [1.807, 2.05) is 13.8 Å². The third kappa shape index (κ3) is 3.29. The fourth-order valence-corrected chi connectivity index (χ4v) is 1.95. The minimum atomic E-state index is -0.654. The maximum absolute atomic E-state index is 10.2. The van der Waals surface area contributed by atoms with Gasteiger partial charge in [0, 0.05) is 12.5 Å². The van der Waals surface area contributed by atoms with Gasteiger partial charge in [-0.2, -0.15) is 0 Å². The molecule has 1 N–H and O–H groups in total. The van der Waals surface area contributed by atoms with Crippen molar-refractivity contribution in [1.29, 1.82) is 0 Å². The lowest BCUT2D eigenvalue weighted by Gasteiger charge is -2.12. The molecule has 0 aliphatic rings. The van der Waals surface area contributed by atoms with Crippen LogP contribution in [0, 0.1) is 13.8 Å². The first-order chi connectivity index (χ1) is 9.10. The van der Waals surface area contributed by atoms with E-state index >= 15 is 0 Å². The SMILES string of the molecule is COc1ccc(C(O)Cc2cc(C)ccc2C)nn1. The molecule has 4 nitrogen and oxygen atoms in total. The van der Waals surface area contributed by atoms with Crippen molar-refractivity contribution in [3.05, 3.63) is 52.7 Å². The van der Waals surface area contributed by atoms with Crippen LogP contribution < -0.4 is 4.74 Å². The molecule has 1 aromatic carbocycles. The zero-order chi connectivity index (χ0) is 13.8. The van der Waals surface area contributed by atoms with E-state index in [0.717, 1.165) is 5.56 Å². The molecule has 2 rings (SSSR count). The average molecular weight is 258 g/mol. The van der Waals surface area contributed by atoms with E-state index in [1.165, 1.54) is 18.2 Å². The molecule has 1 unspecified atom stereocenters. The Morgan fingerprint density at radius 3 is 2.58 bits per heavy atom. The monoisotopic (exact) mass is 258 g/mol. The summed E-state index contributed by atoms with van der Waals surface area (Å²) in [6, 6.07) is 9.67. The number of aryl methyl sites for hydroxylation is 2. The molecule has 1 aromatic heterocycles. The van der Waals surface area contributed by atoms with Gasteiger partial charge in [-0.05, 0) is 31.0 Å². The third-order valence-electron chi connectivity index (χ3n) is 3.13. The highest BCUT2D eigenvalue weighted by Gasteiger charge is 2.12. The molecule has 0 spiro atoms. The molecule has 0 aliphatic heterocycles. The Kier molecular flexibility index (Phi) is 4.12. The van der Waals surface area contributed by atoms with Gasteiger partial charge in [0.1, 0.15) is 6.10 Å². The quantitative estimate of drug-likeness (QED) is 0.914. The molecular formula is C15H18N2O2. The Labute approximate surface area is 113 Å². The highest BCUT2D eigenvalue weighted by atomic mass is 16.5. The van der Waals surface area contributed by atoms with Crippen molar-refractivity contribution < 1.29 is 9.84 Å². The number of nitrogens with zero attached hydrogens (tertiary/aromatic N) is 2. The Balaban J connectivity index is 2.15. The molecule has 1 atom stereocenters. The van der Waals surface area contributed by atoms with Crippen LogP contribution in [-0.2, 0) is 6.42 Å². The summed E-state index contributed by atoms with van der Waals surface area (Å²) in [7, 11) is 1.54. The lowest BCUT2D eigenvalue weighted by atomic mass is 9.99. The topological polar surface area (TPSA) is 55.2 Å². The summed E-state index contributed by atoms with van der Waals surface area (Å²) in [4.78, 5) is 0. The highest BCUT2D eigenvalue weighted by molar-refractivity contribution is 5.31. The maximum Gasteiger partial charge on any atom is 0.233 e. The predicted molar refractivity (Wildman–Crippen MR) is 73.2 cm³/mol. The summed E-state index contributed by atoms with van der Waals surface area (Å²) >= 11 is 0. The van der Waals surface area contributed by atoms with Gasteiger partial charge in [0.25, 0.3) is 0 Å². The van der Waals surface area contributed by atoms with Crippen LogP contribution in [0.2, 0.25) is 0 Å². The normalized spacial score (nSPS) is 12.2. The second-order valence-electron chi connectivity index (χ2n) is 4.65. The van der Waals surface area contributed by atoms with Gasteiger partial charge in [-0.3, -0.25) is 0 Å². The van der Waals surface area contributed by atoms with Crippen LogP contribution in [0.15, 0.2) is 30.3 Å². The highest BCUT2D eigenvalue weighted by Crippen LogP contribution is 2.20. The van der Waals surface area contributed by atoms with E-state index in [2.05, 4.69) is 28.4 Å². The van der Waals surface area contributed by atoms with Crippen molar-refractivity contribution in [1.82, 2.24) is 10.2 Å². The minimum absolute atomic E-state index is 0.447. The number of benzene rings is 1. The van der Waals surface area contributed by atoms with E-state index in [9.17, 15) is 5.11 Å². The maximum atomic E-state index is 10.2. The second kappa shape index (κ2) is 5.80. The molecule has 19 heavy (non-hydrogen) atoms. The summed E-state index contributed by atoms with van der Waals surface area (Å²) in [6.07, 6.45) is -0.118. The molecule has 1 heterocycles. The van der Waals surface area contributed by atoms with Gasteiger partial charge < -0.3 is 9.84 Å². The number of aliphatic hydroxyl groups is 1. The van der Waals surface area contributed by atoms with Gasteiger partial charge in [-0.15, -0.1) is 10.2 Å². The third-order valence-corrected chi connectivity index (χ3v) is 3.13. The van der Waals surface area contributed by atoms with Crippen LogP contribution in [0.5, 0.6) is 5.88 Å². The molecule has 0 saturated heterocycles. The van der Waals surface area contributed by atoms with Crippen molar-refractivity contribution in [3.63, 3.8) is 0 Å². The fraction of sp³-hybridized carbons (Fsp3) is 0.333. The first-order valence-electron chi connectivity index (χ1n) is 6.22. The van der Waals surface area contributed by atoms with Crippen LogP contribution >= 0.6 is 0 Å². The molecule has 0 fully saturated rings. The molecule has 0 aliphatic carbocycles. The van der Waals surface area contributed by atoms with Crippen LogP contribution in [0.1, 0.15) is 28.5 Å². The standard InChI is InChI=1S/C15H18N2O2/c1-10-4-5-11(2)12(8-10)9-14(18)13-6-7-15(19-3)17-16-13/h4-8,14,18H,9H2,1-3H3. The lowest BCUT2D eigenvalue weighted by Crippen LogP contribution is -2.07. The van der Waals surface area contributed by atoms with Crippen molar-refractivity contribution in [2.75, 3.05) is 7.11 Å². The van der Waals surface area contributed by atoms with Gasteiger partial charge in [0.15, 0.2) is 0 Å². The van der Waals surface area contributed by atoms with Crippen molar-refractivity contribution >= 4 is 0 Å². The first-order valence-corrected chi connectivity index (χ1v) is 6.22. The molecule has 100 valence electrons. The number of aromatic nitrogens is 2. The van der Waals surface area contributed by atoms with Crippen LogP contribution in [0.3, 0.4) is 0 Å². The zero-order valence-corrected chi connectivity index (χ0v) is 11.4. The van der Waals surface area contributed by atoms with E-state index in [0.29, 0.717) is 18.0 Å². The largest absolute Gasteiger partial charge is 0.480 e. The minimum Gasteiger partial charge on any atom is -0.480 e. The molecular weight excluding hydrogens is 240 g/mol. The summed E-state index contributed by atoms with van der Waals surface area (Å²) in [5, 5.41) is 18.0. The van der Waals surface area contributed by atoms with Crippen molar-refractivity contribution in [2.24, 2.45) is 0 Å². The second-order valence-corrected chi connectivity index (χ2v) is 4.65. The summed E-state index contributed by atoms with van der Waals surface area (Å²) in [5.74, 6) is 0.447. The van der Waals surface area contributed by atoms with E-state index in [1.54, 1.807) is 12.1 Å². The fourth-order valence-electron chi connectivity index (χ4n) is 1.95. The van der Waals surface area contributed by atoms with Gasteiger partial charge in [-0.25, -0.2) is 0 Å². The van der Waals surface area contributed by atoms with Gasteiger partial charge in [0.2, 0.25) is 5.88 Å². The molecule has 0 saturated carbocycles. The number of rotatable bonds is 4. The summed E-state index contributed by atoms with van der Waals surface area (Å²) in [6.45, 7) is 4.09. The van der Waals surface area contributed by atoms with Crippen LogP contribution in [0.4, 0.5) is 0 Å². The Morgan fingerprint density at radius 1 is 1.16 bits per heavy atom. The van der Waals surface area contributed by atoms with Crippen LogP contribution in [0.25, 0.3) is 0 Å². The lowest BCUT2D eigenvalue weighted by molar-refractivity contribution is 0.171. The average Bonchev–Trinajstić information content (AvgIpc) is 2.43. The molecule has 0 amide bonds. The number of aliphatic hydroxyl groups excluding tert-OH is 1. The van der Waals surface area contributed by atoms with Gasteiger partial charge in [0.05, 0.1) is 12.8 Å². The van der Waals surface area contributed by atoms with Crippen LogP contribution in [-0.4, -0.2) is 22.4 Å². The Bertz CT molecular complexity index is 553. The summed E-state index contributed by atoms with van der Waals surface area (Å²) < 4.78 is 4.95.